The van der Waals surface area contributed by atoms with E-state index in [1.807, 2.05) is 11.3 Å². The summed E-state index contributed by atoms with van der Waals surface area (Å²) < 4.78 is 4.83. The minimum atomic E-state index is -0.198. The molecular formula is C9H15N2O3. The zero-order chi connectivity index (χ0) is 10.4. The SMILES string of the molecule is CCOC(=O)CN1CCN([C]=O)CC1. The quantitative estimate of drug-likeness (QED) is 0.558. The number of piperazine rings is 1. The smallest absolute Gasteiger partial charge is 0.320 e. The molecule has 0 unspecified atom stereocenters. The number of amides is 1. The van der Waals surface area contributed by atoms with Gasteiger partial charge in [-0.25, -0.2) is 0 Å². The lowest BCUT2D eigenvalue weighted by Crippen LogP contribution is -2.47. The Labute approximate surface area is 83.6 Å². The van der Waals surface area contributed by atoms with Crippen LogP contribution in [0.2, 0.25) is 0 Å². The molecular weight excluding hydrogens is 184 g/mol. The van der Waals surface area contributed by atoms with Crippen molar-refractivity contribution in [1.82, 2.24) is 9.80 Å². The molecule has 1 saturated heterocycles. The van der Waals surface area contributed by atoms with Gasteiger partial charge in [-0.3, -0.25) is 14.5 Å². The molecule has 5 heteroatoms. The van der Waals surface area contributed by atoms with Gasteiger partial charge in [0.15, 0.2) is 0 Å². The molecule has 1 fully saturated rings. The van der Waals surface area contributed by atoms with Crippen molar-refractivity contribution in [2.75, 3.05) is 39.3 Å². The maximum absolute atomic E-state index is 11.1. The summed E-state index contributed by atoms with van der Waals surface area (Å²) in [4.78, 5) is 25.0. The van der Waals surface area contributed by atoms with Crippen LogP contribution in [0.4, 0.5) is 0 Å². The number of carbonyl (C=O) groups excluding carboxylic acids is 2. The Hall–Kier alpha value is -1.10. The molecule has 1 amide bonds. The van der Waals surface area contributed by atoms with E-state index in [4.69, 9.17) is 4.74 Å². The molecule has 0 N–H and O–H groups in total. The molecule has 1 radical (unpaired) electrons. The van der Waals surface area contributed by atoms with Gasteiger partial charge in [0.05, 0.1) is 13.2 Å². The van der Waals surface area contributed by atoms with E-state index in [1.165, 1.54) is 0 Å². The van der Waals surface area contributed by atoms with Gasteiger partial charge < -0.3 is 9.64 Å². The van der Waals surface area contributed by atoms with Crippen molar-refractivity contribution >= 4 is 12.4 Å². The lowest BCUT2D eigenvalue weighted by molar-refractivity contribution is -0.144. The molecule has 0 aromatic carbocycles. The van der Waals surface area contributed by atoms with Crippen molar-refractivity contribution in [3.05, 3.63) is 0 Å². The van der Waals surface area contributed by atoms with E-state index in [0.717, 1.165) is 0 Å². The van der Waals surface area contributed by atoms with Gasteiger partial charge in [-0.05, 0) is 6.92 Å². The molecule has 1 aliphatic heterocycles. The van der Waals surface area contributed by atoms with Gasteiger partial charge in [-0.15, -0.1) is 0 Å². The van der Waals surface area contributed by atoms with Gasteiger partial charge in [-0.1, -0.05) is 0 Å². The third kappa shape index (κ3) is 3.33. The van der Waals surface area contributed by atoms with Crippen molar-refractivity contribution in [3.8, 4) is 0 Å². The molecule has 0 aromatic rings. The zero-order valence-electron chi connectivity index (χ0n) is 8.36. The first-order valence-corrected chi connectivity index (χ1v) is 4.77. The predicted molar refractivity (Wildman–Crippen MR) is 50.3 cm³/mol. The third-order valence-corrected chi connectivity index (χ3v) is 2.16. The summed E-state index contributed by atoms with van der Waals surface area (Å²) >= 11 is 0. The first-order valence-electron chi connectivity index (χ1n) is 4.77. The Kier molecular flexibility index (Phi) is 4.39. The van der Waals surface area contributed by atoms with Crippen LogP contribution < -0.4 is 0 Å². The first-order chi connectivity index (χ1) is 6.76. The topological polar surface area (TPSA) is 49.9 Å². The number of ether oxygens (including phenoxy) is 1. The molecule has 0 spiro atoms. The van der Waals surface area contributed by atoms with Crippen LogP contribution in [0, 0.1) is 0 Å². The zero-order valence-corrected chi connectivity index (χ0v) is 8.36. The van der Waals surface area contributed by atoms with E-state index in [-0.39, 0.29) is 5.97 Å². The Bertz CT molecular complexity index is 200. The third-order valence-electron chi connectivity index (χ3n) is 2.16. The summed E-state index contributed by atoms with van der Waals surface area (Å²) in [5.41, 5.74) is 0. The Balaban J connectivity index is 2.21. The normalized spacial score (nSPS) is 17.9. The highest BCUT2D eigenvalue weighted by atomic mass is 16.5. The van der Waals surface area contributed by atoms with Gasteiger partial charge in [0.25, 0.3) is 0 Å². The maximum atomic E-state index is 11.1. The number of rotatable bonds is 4. The molecule has 0 aromatic heterocycles. The standard InChI is InChI=1S/C9H15N2O3/c1-2-14-9(13)7-10-3-5-11(8-12)6-4-10/h2-7H2,1H3. The van der Waals surface area contributed by atoms with E-state index in [1.54, 1.807) is 11.8 Å². The van der Waals surface area contributed by atoms with Crippen molar-refractivity contribution in [2.24, 2.45) is 0 Å². The van der Waals surface area contributed by atoms with Crippen molar-refractivity contribution in [2.45, 2.75) is 6.92 Å². The van der Waals surface area contributed by atoms with Crippen LogP contribution >= 0.6 is 0 Å². The molecule has 0 atom stereocenters. The van der Waals surface area contributed by atoms with Gasteiger partial charge >= 0.3 is 12.4 Å². The molecule has 0 aliphatic carbocycles. The van der Waals surface area contributed by atoms with Crippen LogP contribution in [0.25, 0.3) is 0 Å². The van der Waals surface area contributed by atoms with Crippen LogP contribution in [-0.4, -0.2) is 61.5 Å². The highest BCUT2D eigenvalue weighted by Crippen LogP contribution is 1.99. The average molecular weight is 199 g/mol. The summed E-state index contributed by atoms with van der Waals surface area (Å²) in [6.07, 6.45) is 1.84. The summed E-state index contributed by atoms with van der Waals surface area (Å²) in [5, 5.41) is 0. The van der Waals surface area contributed by atoms with E-state index in [0.29, 0.717) is 39.3 Å². The summed E-state index contributed by atoms with van der Waals surface area (Å²) in [5.74, 6) is -0.198. The van der Waals surface area contributed by atoms with Crippen LogP contribution in [0.3, 0.4) is 0 Å². The number of esters is 1. The van der Waals surface area contributed by atoms with E-state index in [2.05, 4.69) is 0 Å². The van der Waals surface area contributed by atoms with Crippen LogP contribution in [-0.2, 0) is 14.3 Å². The summed E-state index contributed by atoms with van der Waals surface area (Å²) in [7, 11) is 0. The Morgan fingerprint density at radius 1 is 1.36 bits per heavy atom. The Morgan fingerprint density at radius 3 is 2.50 bits per heavy atom. The fourth-order valence-corrected chi connectivity index (χ4v) is 1.39. The van der Waals surface area contributed by atoms with E-state index < -0.39 is 0 Å². The second-order valence-electron chi connectivity index (χ2n) is 3.16. The summed E-state index contributed by atoms with van der Waals surface area (Å²) in [6.45, 7) is 5.24. The number of nitrogens with zero attached hydrogens (tertiary/aromatic N) is 2. The van der Waals surface area contributed by atoms with Crippen molar-refractivity contribution < 1.29 is 14.3 Å². The molecule has 14 heavy (non-hydrogen) atoms. The van der Waals surface area contributed by atoms with Gasteiger partial charge in [-0.2, -0.15) is 0 Å². The van der Waals surface area contributed by atoms with Crippen LogP contribution in [0.5, 0.6) is 0 Å². The molecule has 79 valence electrons. The second-order valence-corrected chi connectivity index (χ2v) is 3.16. The number of carbonyl (C=O) groups is 1. The average Bonchev–Trinajstić information content (AvgIpc) is 2.19. The van der Waals surface area contributed by atoms with E-state index >= 15 is 0 Å². The minimum absolute atomic E-state index is 0.198. The summed E-state index contributed by atoms with van der Waals surface area (Å²) in [6, 6.07) is 0. The lowest BCUT2D eigenvalue weighted by atomic mass is 10.3. The molecule has 1 aliphatic rings. The number of hydrogen-bond donors (Lipinski definition) is 0. The lowest BCUT2D eigenvalue weighted by Gasteiger charge is -2.30. The van der Waals surface area contributed by atoms with E-state index in [9.17, 15) is 9.59 Å². The first kappa shape index (κ1) is 11.0. The second kappa shape index (κ2) is 5.59. The van der Waals surface area contributed by atoms with Crippen LogP contribution in [0.15, 0.2) is 0 Å². The van der Waals surface area contributed by atoms with Crippen LogP contribution in [0.1, 0.15) is 6.92 Å². The molecule has 5 nitrogen and oxygen atoms in total. The largest absolute Gasteiger partial charge is 0.465 e. The molecule has 0 bridgehead atoms. The minimum Gasteiger partial charge on any atom is -0.465 e. The number of hydrogen-bond acceptors (Lipinski definition) is 4. The fraction of sp³-hybridized carbons (Fsp3) is 0.778. The Morgan fingerprint density at radius 2 is 2.00 bits per heavy atom. The fourth-order valence-electron chi connectivity index (χ4n) is 1.39. The monoisotopic (exact) mass is 199 g/mol. The highest BCUT2D eigenvalue weighted by molar-refractivity contribution is 5.71. The highest BCUT2D eigenvalue weighted by Gasteiger charge is 2.18. The molecule has 0 saturated carbocycles. The van der Waals surface area contributed by atoms with Gasteiger partial charge in [0.1, 0.15) is 0 Å². The van der Waals surface area contributed by atoms with Crippen molar-refractivity contribution in [1.29, 1.82) is 0 Å². The molecule has 1 rings (SSSR count). The van der Waals surface area contributed by atoms with Crippen molar-refractivity contribution in [3.63, 3.8) is 0 Å². The predicted octanol–water partition coefficient (Wildman–Crippen LogP) is -0.766. The molecule has 1 heterocycles. The van der Waals surface area contributed by atoms with Gasteiger partial charge in [0, 0.05) is 26.2 Å². The maximum Gasteiger partial charge on any atom is 0.320 e. The van der Waals surface area contributed by atoms with Gasteiger partial charge in [0.2, 0.25) is 0 Å².